The molecule has 200 valence electrons. The van der Waals surface area contributed by atoms with Gasteiger partial charge in [-0.3, -0.25) is 18.6 Å². The molecular formula is C24H46NO8P. The molecule has 0 fully saturated rings. The van der Waals surface area contributed by atoms with Crippen LogP contribution in [-0.2, 0) is 32.7 Å². The Labute approximate surface area is 205 Å². The van der Waals surface area contributed by atoms with E-state index in [1.807, 2.05) is 6.92 Å². The predicted molar refractivity (Wildman–Crippen MR) is 132 cm³/mol. The number of carbonyl (C=O) groups excluding carboxylic acids is 2. The molecule has 0 rings (SSSR count). The molecule has 0 aliphatic rings. The lowest BCUT2D eigenvalue weighted by atomic mass is 10.1. The number of unbranched alkanes of at least 4 members (excludes halogenated alkanes) is 8. The molecule has 0 aromatic rings. The van der Waals surface area contributed by atoms with Crippen molar-refractivity contribution < 1.29 is 37.6 Å². The van der Waals surface area contributed by atoms with Gasteiger partial charge < -0.3 is 20.1 Å². The van der Waals surface area contributed by atoms with Crippen molar-refractivity contribution in [1.29, 1.82) is 0 Å². The number of esters is 2. The van der Waals surface area contributed by atoms with Crippen molar-refractivity contribution in [3.8, 4) is 0 Å². The highest BCUT2D eigenvalue weighted by Crippen LogP contribution is 2.43. The van der Waals surface area contributed by atoms with E-state index in [1.165, 1.54) is 12.8 Å². The molecule has 0 aliphatic heterocycles. The minimum atomic E-state index is -4.34. The molecule has 10 heteroatoms. The van der Waals surface area contributed by atoms with Gasteiger partial charge in [-0.2, -0.15) is 0 Å². The second-order valence-electron chi connectivity index (χ2n) is 8.20. The second kappa shape index (κ2) is 22.2. The predicted octanol–water partition coefficient (Wildman–Crippen LogP) is 5.20. The van der Waals surface area contributed by atoms with E-state index in [0.717, 1.165) is 44.9 Å². The normalized spacial score (nSPS) is 14.1. The van der Waals surface area contributed by atoms with Gasteiger partial charge in [0, 0.05) is 19.4 Å². The topological polar surface area (TPSA) is 134 Å². The zero-order valence-corrected chi connectivity index (χ0v) is 22.0. The molecule has 0 saturated heterocycles. The Kier molecular flexibility index (Phi) is 21.4. The molecule has 34 heavy (non-hydrogen) atoms. The molecule has 9 nitrogen and oxygen atoms in total. The lowest BCUT2D eigenvalue weighted by Gasteiger charge is -2.19. The largest absolute Gasteiger partial charge is 0.472 e. The number of allylic oxidation sites excluding steroid dienone is 2. The first-order chi connectivity index (χ1) is 16.3. The lowest BCUT2D eigenvalue weighted by molar-refractivity contribution is -0.161. The zero-order valence-electron chi connectivity index (χ0n) is 21.1. The smallest absolute Gasteiger partial charge is 0.462 e. The first kappa shape index (κ1) is 32.8. The van der Waals surface area contributed by atoms with Crippen molar-refractivity contribution in [2.24, 2.45) is 5.73 Å². The first-order valence-corrected chi connectivity index (χ1v) is 14.2. The van der Waals surface area contributed by atoms with Crippen LogP contribution in [0.5, 0.6) is 0 Å². The summed E-state index contributed by atoms with van der Waals surface area (Å²) in [7, 11) is -4.34. The van der Waals surface area contributed by atoms with E-state index in [-0.39, 0.29) is 32.6 Å². The highest BCUT2D eigenvalue weighted by Gasteiger charge is 2.25. The number of rotatable bonds is 23. The van der Waals surface area contributed by atoms with Crippen LogP contribution in [0.1, 0.15) is 97.3 Å². The maximum atomic E-state index is 12.2. The van der Waals surface area contributed by atoms with Gasteiger partial charge in [0.05, 0.1) is 13.2 Å². The van der Waals surface area contributed by atoms with Crippen LogP contribution in [0.2, 0.25) is 0 Å². The van der Waals surface area contributed by atoms with Crippen molar-refractivity contribution in [2.75, 3.05) is 26.4 Å². The van der Waals surface area contributed by atoms with Gasteiger partial charge in [0.15, 0.2) is 6.10 Å². The Morgan fingerprint density at radius 2 is 1.47 bits per heavy atom. The highest BCUT2D eigenvalue weighted by atomic mass is 31.2. The SMILES string of the molecule is CCCC/C=C\CCCCCCCC(=O)OC(COC(=O)CCCC)COP(=O)(O)OCCN. The Bertz CT molecular complexity index is 600. The summed E-state index contributed by atoms with van der Waals surface area (Å²) in [5.41, 5.74) is 5.25. The zero-order chi connectivity index (χ0) is 25.5. The number of ether oxygens (including phenoxy) is 2. The van der Waals surface area contributed by atoms with Gasteiger partial charge in [0.25, 0.3) is 0 Å². The molecule has 0 aromatic carbocycles. The van der Waals surface area contributed by atoms with E-state index in [9.17, 15) is 19.0 Å². The molecule has 3 N–H and O–H groups in total. The molecule has 0 aliphatic carbocycles. The van der Waals surface area contributed by atoms with Crippen LogP contribution in [0.25, 0.3) is 0 Å². The summed E-state index contributed by atoms with van der Waals surface area (Å²) in [5, 5.41) is 0. The molecule has 0 bridgehead atoms. The van der Waals surface area contributed by atoms with Crippen LogP contribution in [0.4, 0.5) is 0 Å². The van der Waals surface area contributed by atoms with Gasteiger partial charge in [0.2, 0.25) is 0 Å². The molecule has 0 radical (unpaired) electrons. The molecule has 0 amide bonds. The fraction of sp³-hybridized carbons (Fsp3) is 0.833. The Morgan fingerprint density at radius 1 is 0.853 bits per heavy atom. The molecule has 0 heterocycles. The van der Waals surface area contributed by atoms with Crippen molar-refractivity contribution in [3.05, 3.63) is 12.2 Å². The van der Waals surface area contributed by atoms with E-state index in [1.54, 1.807) is 0 Å². The average molecular weight is 508 g/mol. The number of phosphoric acid groups is 1. The van der Waals surface area contributed by atoms with Gasteiger partial charge in [-0.05, 0) is 32.1 Å². The van der Waals surface area contributed by atoms with Crippen molar-refractivity contribution in [3.63, 3.8) is 0 Å². The number of carbonyl (C=O) groups is 2. The Morgan fingerprint density at radius 3 is 2.15 bits per heavy atom. The van der Waals surface area contributed by atoms with Gasteiger partial charge >= 0.3 is 19.8 Å². The monoisotopic (exact) mass is 507 g/mol. The van der Waals surface area contributed by atoms with Crippen molar-refractivity contribution >= 4 is 19.8 Å². The molecule has 0 spiro atoms. The van der Waals surface area contributed by atoms with Crippen LogP contribution >= 0.6 is 7.82 Å². The van der Waals surface area contributed by atoms with E-state index in [2.05, 4.69) is 23.6 Å². The Balaban J connectivity index is 4.29. The number of hydrogen-bond acceptors (Lipinski definition) is 8. The third kappa shape index (κ3) is 21.3. The first-order valence-electron chi connectivity index (χ1n) is 12.7. The van der Waals surface area contributed by atoms with Gasteiger partial charge in [-0.25, -0.2) is 4.57 Å². The third-order valence-electron chi connectivity index (χ3n) is 4.90. The van der Waals surface area contributed by atoms with E-state index in [0.29, 0.717) is 12.8 Å². The fourth-order valence-electron chi connectivity index (χ4n) is 2.94. The number of phosphoric ester groups is 1. The minimum Gasteiger partial charge on any atom is -0.462 e. The van der Waals surface area contributed by atoms with Crippen LogP contribution in [0, 0.1) is 0 Å². The molecular weight excluding hydrogens is 461 g/mol. The standard InChI is InChI=1S/C24H46NO8P/c1-3-5-7-8-9-10-11-12-13-14-15-17-24(27)33-22(20-30-23(26)16-6-4-2)21-32-34(28,29)31-19-18-25/h8-9,22H,3-7,10-21,25H2,1-2H3,(H,28,29)/b9-8-. The lowest BCUT2D eigenvalue weighted by Crippen LogP contribution is -2.29. The van der Waals surface area contributed by atoms with E-state index in [4.69, 9.17) is 19.7 Å². The van der Waals surface area contributed by atoms with Crippen LogP contribution in [0.3, 0.4) is 0 Å². The van der Waals surface area contributed by atoms with Crippen molar-refractivity contribution in [2.45, 2.75) is 103 Å². The summed E-state index contributed by atoms with van der Waals surface area (Å²) in [6, 6.07) is 0. The molecule has 2 unspecified atom stereocenters. The summed E-state index contributed by atoms with van der Waals surface area (Å²) in [5.74, 6) is -0.887. The van der Waals surface area contributed by atoms with E-state index >= 15 is 0 Å². The highest BCUT2D eigenvalue weighted by molar-refractivity contribution is 7.47. The van der Waals surface area contributed by atoms with Crippen LogP contribution < -0.4 is 5.73 Å². The maximum Gasteiger partial charge on any atom is 0.472 e. The molecule has 0 saturated carbocycles. The van der Waals surface area contributed by atoms with Crippen LogP contribution in [0.15, 0.2) is 12.2 Å². The third-order valence-corrected chi connectivity index (χ3v) is 5.89. The molecule has 0 aromatic heterocycles. The molecule has 2 atom stereocenters. The maximum absolute atomic E-state index is 12.2. The second-order valence-corrected chi connectivity index (χ2v) is 9.66. The summed E-state index contributed by atoms with van der Waals surface area (Å²) in [6.07, 6.45) is 15.1. The van der Waals surface area contributed by atoms with Gasteiger partial charge in [-0.1, -0.05) is 64.5 Å². The Hall–Kier alpha value is -1.25. The fourth-order valence-corrected chi connectivity index (χ4v) is 3.71. The number of nitrogens with two attached hydrogens (primary N) is 1. The summed E-state index contributed by atoms with van der Waals surface area (Å²) in [6.45, 7) is 3.36. The minimum absolute atomic E-state index is 0.0526. The summed E-state index contributed by atoms with van der Waals surface area (Å²) in [4.78, 5) is 33.6. The summed E-state index contributed by atoms with van der Waals surface area (Å²) >= 11 is 0. The number of hydrogen-bond donors (Lipinski definition) is 2. The van der Waals surface area contributed by atoms with Crippen molar-refractivity contribution in [1.82, 2.24) is 0 Å². The van der Waals surface area contributed by atoms with Gasteiger partial charge in [0.1, 0.15) is 6.61 Å². The van der Waals surface area contributed by atoms with Gasteiger partial charge in [-0.15, -0.1) is 0 Å². The quantitative estimate of drug-likeness (QED) is 0.0828. The average Bonchev–Trinajstić information content (AvgIpc) is 2.81. The summed E-state index contributed by atoms with van der Waals surface area (Å²) < 4.78 is 31.8. The van der Waals surface area contributed by atoms with E-state index < -0.39 is 32.5 Å². The van der Waals surface area contributed by atoms with Crippen LogP contribution in [-0.4, -0.2) is 49.3 Å².